The number of hydrogen-bond acceptors (Lipinski definition) is 6. The van der Waals surface area contributed by atoms with E-state index in [-0.39, 0.29) is 5.69 Å². The highest BCUT2D eigenvalue weighted by molar-refractivity contribution is 5.64. The Morgan fingerprint density at radius 1 is 1.03 bits per heavy atom. The highest BCUT2D eigenvalue weighted by atomic mass is 19.1. The Morgan fingerprint density at radius 3 is 2.70 bits per heavy atom. The van der Waals surface area contributed by atoms with Gasteiger partial charge in [-0.2, -0.15) is 4.98 Å². The summed E-state index contributed by atoms with van der Waals surface area (Å²) in [4.78, 5) is 8.96. The number of hydrogen-bond donors (Lipinski definition) is 1. The average molecular weight is 412 g/mol. The summed E-state index contributed by atoms with van der Waals surface area (Å²) in [6.45, 7) is 6.41. The van der Waals surface area contributed by atoms with E-state index in [1.54, 1.807) is 0 Å². The van der Waals surface area contributed by atoms with Gasteiger partial charge >= 0.3 is 0 Å². The third-order valence-electron chi connectivity index (χ3n) is 5.46. The number of anilines is 3. The Hall–Kier alpha value is -3.04. The minimum Gasteiger partial charge on any atom is -0.369 e. The summed E-state index contributed by atoms with van der Waals surface area (Å²) in [7, 11) is 0. The summed E-state index contributed by atoms with van der Waals surface area (Å²) in [5, 5.41) is 7.50. The van der Waals surface area contributed by atoms with Crippen LogP contribution in [0.1, 0.15) is 5.56 Å². The van der Waals surface area contributed by atoms with Gasteiger partial charge in [0.25, 0.3) is 0 Å². The SMILES string of the molecule is Cc1cc(Nc2ncn(-c3cc(F)cc(F)c3)n2)cc(N2CCN3COCC3C2)c1. The number of nitrogens with one attached hydrogen (secondary N) is 1. The van der Waals surface area contributed by atoms with Crippen molar-refractivity contribution in [3.63, 3.8) is 0 Å². The first-order valence-corrected chi connectivity index (χ1v) is 9.87. The number of fused-ring (bicyclic) bond motifs is 1. The molecule has 0 saturated carbocycles. The first-order valence-electron chi connectivity index (χ1n) is 9.87. The molecule has 30 heavy (non-hydrogen) atoms. The molecule has 0 amide bonds. The van der Waals surface area contributed by atoms with Crippen molar-refractivity contribution in [2.24, 2.45) is 0 Å². The molecule has 2 aliphatic heterocycles. The molecule has 3 aromatic rings. The molecule has 0 aliphatic carbocycles. The summed E-state index contributed by atoms with van der Waals surface area (Å²) in [6, 6.07) is 9.92. The van der Waals surface area contributed by atoms with Crippen molar-refractivity contribution in [1.82, 2.24) is 19.7 Å². The van der Waals surface area contributed by atoms with Gasteiger partial charge in [-0.3, -0.25) is 4.90 Å². The lowest BCUT2D eigenvalue weighted by Gasteiger charge is -2.37. The van der Waals surface area contributed by atoms with Crippen LogP contribution in [0.15, 0.2) is 42.7 Å². The molecule has 2 aliphatic rings. The van der Waals surface area contributed by atoms with Crippen LogP contribution < -0.4 is 10.2 Å². The van der Waals surface area contributed by atoms with E-state index in [1.807, 2.05) is 13.0 Å². The fourth-order valence-corrected chi connectivity index (χ4v) is 4.02. The van der Waals surface area contributed by atoms with Crippen molar-refractivity contribution in [3.8, 4) is 5.69 Å². The van der Waals surface area contributed by atoms with Crippen molar-refractivity contribution < 1.29 is 13.5 Å². The van der Waals surface area contributed by atoms with Gasteiger partial charge in [-0.25, -0.2) is 13.5 Å². The van der Waals surface area contributed by atoms with Crippen LogP contribution in [0.3, 0.4) is 0 Å². The van der Waals surface area contributed by atoms with E-state index in [1.165, 1.54) is 23.1 Å². The summed E-state index contributed by atoms with van der Waals surface area (Å²) < 4.78 is 33.9. The van der Waals surface area contributed by atoms with E-state index in [0.717, 1.165) is 56.0 Å². The number of halogens is 2. The number of nitrogens with zero attached hydrogens (tertiary/aromatic N) is 5. The topological polar surface area (TPSA) is 58.5 Å². The zero-order valence-corrected chi connectivity index (χ0v) is 16.6. The smallest absolute Gasteiger partial charge is 0.246 e. The Balaban J connectivity index is 1.35. The van der Waals surface area contributed by atoms with Crippen LogP contribution in [-0.2, 0) is 4.74 Å². The first-order chi connectivity index (χ1) is 14.5. The largest absolute Gasteiger partial charge is 0.369 e. The zero-order chi connectivity index (χ0) is 20.7. The van der Waals surface area contributed by atoms with Crippen LogP contribution >= 0.6 is 0 Å². The Kier molecular flexibility index (Phi) is 4.84. The van der Waals surface area contributed by atoms with Gasteiger partial charge < -0.3 is 15.0 Å². The number of piperazine rings is 1. The molecule has 2 saturated heterocycles. The second kappa shape index (κ2) is 7.66. The van der Waals surface area contributed by atoms with Gasteiger partial charge in [-0.1, -0.05) is 0 Å². The molecule has 1 atom stereocenters. The molecule has 156 valence electrons. The van der Waals surface area contributed by atoms with Crippen molar-refractivity contribution in [3.05, 3.63) is 59.9 Å². The standard InChI is InChI=1S/C21H22F2N6O/c1-14-4-17(9-18(5-14)27-2-3-28-13-30-11-20(28)10-27)25-21-24-12-29(26-21)19-7-15(22)6-16(23)8-19/h4-9,12,20H,2-3,10-11,13H2,1H3,(H,25,26). The third-order valence-corrected chi connectivity index (χ3v) is 5.46. The van der Waals surface area contributed by atoms with Crippen LogP contribution in [0.25, 0.3) is 5.69 Å². The maximum Gasteiger partial charge on any atom is 0.246 e. The van der Waals surface area contributed by atoms with Crippen molar-refractivity contribution in [2.75, 3.05) is 43.2 Å². The Morgan fingerprint density at radius 2 is 1.87 bits per heavy atom. The van der Waals surface area contributed by atoms with E-state index < -0.39 is 11.6 Å². The van der Waals surface area contributed by atoms with Crippen LogP contribution in [0.4, 0.5) is 26.1 Å². The minimum absolute atomic E-state index is 0.273. The minimum atomic E-state index is -0.661. The van der Waals surface area contributed by atoms with Gasteiger partial charge in [0.2, 0.25) is 5.95 Å². The second-order valence-electron chi connectivity index (χ2n) is 7.73. The van der Waals surface area contributed by atoms with Gasteiger partial charge in [0, 0.05) is 37.1 Å². The number of rotatable bonds is 4. The molecule has 1 aromatic heterocycles. The lowest BCUT2D eigenvalue weighted by Crippen LogP contribution is -2.51. The fraction of sp³-hybridized carbons (Fsp3) is 0.333. The number of benzene rings is 2. The summed E-state index contributed by atoms with van der Waals surface area (Å²) >= 11 is 0. The molecule has 9 heteroatoms. The van der Waals surface area contributed by atoms with Crippen molar-refractivity contribution in [2.45, 2.75) is 13.0 Å². The van der Waals surface area contributed by atoms with Gasteiger partial charge in [0.1, 0.15) is 18.0 Å². The van der Waals surface area contributed by atoms with Crippen LogP contribution in [0, 0.1) is 18.6 Å². The molecule has 1 N–H and O–H groups in total. The number of ether oxygens (including phenoxy) is 1. The van der Waals surface area contributed by atoms with Crippen LogP contribution in [0.5, 0.6) is 0 Å². The van der Waals surface area contributed by atoms with Crippen molar-refractivity contribution in [1.29, 1.82) is 0 Å². The second-order valence-corrected chi connectivity index (χ2v) is 7.73. The normalized spacial score (nSPS) is 19.2. The van der Waals surface area contributed by atoms with Gasteiger partial charge in [0.15, 0.2) is 0 Å². The Bertz CT molecular complexity index is 1050. The molecular formula is C21H22F2N6O. The lowest BCUT2D eigenvalue weighted by molar-refractivity contribution is 0.136. The van der Waals surface area contributed by atoms with Gasteiger partial charge in [-0.15, -0.1) is 5.10 Å². The van der Waals surface area contributed by atoms with Crippen LogP contribution in [-0.4, -0.2) is 58.7 Å². The summed E-state index contributed by atoms with van der Waals surface area (Å²) in [6.07, 6.45) is 1.42. The molecule has 2 fully saturated rings. The van der Waals surface area contributed by atoms with E-state index in [2.05, 4.69) is 37.3 Å². The monoisotopic (exact) mass is 412 g/mol. The Labute approximate surface area is 172 Å². The molecule has 0 spiro atoms. The number of aryl methyl sites for hydroxylation is 1. The molecule has 5 rings (SSSR count). The molecule has 1 unspecified atom stereocenters. The van der Waals surface area contributed by atoms with Gasteiger partial charge in [-0.05, 0) is 42.8 Å². The quantitative estimate of drug-likeness (QED) is 0.711. The maximum absolute atomic E-state index is 13.5. The van der Waals surface area contributed by atoms with E-state index in [0.29, 0.717) is 12.0 Å². The molecule has 3 heterocycles. The lowest BCUT2D eigenvalue weighted by atomic mass is 10.1. The first kappa shape index (κ1) is 19.0. The highest BCUT2D eigenvalue weighted by Crippen LogP contribution is 2.27. The predicted molar refractivity (Wildman–Crippen MR) is 109 cm³/mol. The molecule has 0 bridgehead atoms. The van der Waals surface area contributed by atoms with Gasteiger partial charge in [0.05, 0.1) is 25.1 Å². The number of aromatic nitrogens is 3. The summed E-state index contributed by atoms with van der Waals surface area (Å²) in [5.74, 6) is -0.970. The average Bonchev–Trinajstić information content (AvgIpc) is 3.35. The molecular weight excluding hydrogens is 390 g/mol. The molecule has 2 aromatic carbocycles. The predicted octanol–water partition coefficient (Wildman–Crippen LogP) is 3.08. The van der Waals surface area contributed by atoms with E-state index >= 15 is 0 Å². The fourth-order valence-electron chi connectivity index (χ4n) is 4.02. The molecule has 0 radical (unpaired) electrons. The van der Waals surface area contributed by atoms with Crippen LogP contribution in [0.2, 0.25) is 0 Å². The zero-order valence-electron chi connectivity index (χ0n) is 16.6. The van der Waals surface area contributed by atoms with E-state index in [4.69, 9.17) is 4.74 Å². The molecule has 7 nitrogen and oxygen atoms in total. The summed E-state index contributed by atoms with van der Waals surface area (Å²) in [5.41, 5.74) is 3.38. The van der Waals surface area contributed by atoms with Crippen molar-refractivity contribution >= 4 is 17.3 Å². The van der Waals surface area contributed by atoms with E-state index in [9.17, 15) is 8.78 Å². The maximum atomic E-state index is 13.5. The third kappa shape index (κ3) is 3.86. The highest BCUT2D eigenvalue weighted by Gasteiger charge is 2.31.